The van der Waals surface area contributed by atoms with E-state index in [1.807, 2.05) is 58.0 Å². The highest BCUT2D eigenvalue weighted by molar-refractivity contribution is 5.81. The number of carboxylic acids is 1. The molecule has 0 fully saturated rings. The summed E-state index contributed by atoms with van der Waals surface area (Å²) in [6, 6.07) is 11.9. The molecule has 0 aliphatic carbocycles. The van der Waals surface area contributed by atoms with Gasteiger partial charge >= 0.3 is 5.97 Å². The van der Waals surface area contributed by atoms with Crippen molar-refractivity contribution in [3.63, 3.8) is 0 Å². The molecule has 1 atom stereocenters. The molecule has 1 aliphatic rings. The summed E-state index contributed by atoms with van der Waals surface area (Å²) in [5, 5.41) is 9.80. The summed E-state index contributed by atoms with van der Waals surface area (Å²) in [6.07, 6.45) is 0.963. The van der Waals surface area contributed by atoms with Gasteiger partial charge in [-0.3, -0.25) is 0 Å². The molecule has 0 bridgehead atoms. The van der Waals surface area contributed by atoms with E-state index in [0.717, 1.165) is 41.9 Å². The molecule has 0 saturated carbocycles. The first-order valence-corrected chi connectivity index (χ1v) is 9.02. The van der Waals surface area contributed by atoms with Crippen LogP contribution in [-0.2, 0) is 16.0 Å². The Morgan fingerprint density at radius 2 is 2.00 bits per heavy atom. The van der Waals surface area contributed by atoms with Crippen molar-refractivity contribution in [1.82, 2.24) is 0 Å². The lowest BCUT2D eigenvalue weighted by atomic mass is 9.90. The van der Waals surface area contributed by atoms with Crippen LogP contribution in [-0.4, -0.2) is 23.3 Å². The lowest BCUT2D eigenvalue weighted by molar-refractivity contribution is -0.160. The van der Waals surface area contributed by atoms with Crippen molar-refractivity contribution in [3.05, 3.63) is 53.1 Å². The fourth-order valence-electron chi connectivity index (χ4n) is 3.42. The minimum Gasteiger partial charge on any atom is -0.493 e. The van der Waals surface area contributed by atoms with Crippen molar-refractivity contribution in [2.45, 2.75) is 52.2 Å². The van der Waals surface area contributed by atoms with Gasteiger partial charge in [0.15, 0.2) is 6.10 Å². The van der Waals surface area contributed by atoms with Gasteiger partial charge in [-0.1, -0.05) is 24.3 Å². The number of aliphatic carboxylic acids is 1. The fourth-order valence-corrected chi connectivity index (χ4v) is 3.42. The zero-order chi connectivity index (χ0) is 18.9. The molecular weight excluding hydrogens is 328 g/mol. The third-order valence-electron chi connectivity index (χ3n) is 4.48. The maximum absolute atomic E-state index is 12.0. The third-order valence-corrected chi connectivity index (χ3v) is 4.48. The van der Waals surface area contributed by atoms with Crippen LogP contribution in [0, 0.1) is 6.92 Å². The van der Waals surface area contributed by atoms with E-state index in [9.17, 15) is 9.90 Å². The molecule has 138 valence electrons. The first kappa shape index (κ1) is 18.5. The van der Waals surface area contributed by atoms with Crippen LogP contribution in [0.25, 0.3) is 11.1 Å². The molecule has 1 heterocycles. The molecule has 1 N–H and O–H groups in total. The van der Waals surface area contributed by atoms with Crippen LogP contribution in [0.1, 0.15) is 50.0 Å². The summed E-state index contributed by atoms with van der Waals surface area (Å²) in [7, 11) is 0. The number of hydrogen-bond acceptors (Lipinski definition) is 3. The van der Waals surface area contributed by atoms with Gasteiger partial charge in [0.25, 0.3) is 0 Å². The van der Waals surface area contributed by atoms with E-state index in [-0.39, 0.29) is 0 Å². The normalized spacial score (nSPS) is 15.1. The number of rotatable bonds is 4. The predicted octanol–water partition coefficient (Wildman–Crippen LogP) is 4.93. The van der Waals surface area contributed by atoms with E-state index >= 15 is 0 Å². The van der Waals surface area contributed by atoms with Crippen molar-refractivity contribution in [2.75, 3.05) is 6.61 Å². The van der Waals surface area contributed by atoms with Gasteiger partial charge in [0.05, 0.1) is 12.2 Å². The van der Waals surface area contributed by atoms with E-state index in [1.54, 1.807) is 0 Å². The van der Waals surface area contributed by atoms with Crippen LogP contribution in [0.5, 0.6) is 5.75 Å². The first-order valence-electron chi connectivity index (χ1n) is 9.02. The Morgan fingerprint density at radius 3 is 2.69 bits per heavy atom. The summed E-state index contributed by atoms with van der Waals surface area (Å²) < 4.78 is 11.6. The summed E-state index contributed by atoms with van der Waals surface area (Å²) >= 11 is 0. The van der Waals surface area contributed by atoms with E-state index in [0.29, 0.717) is 5.56 Å². The minimum absolute atomic E-state index is 0.562. The van der Waals surface area contributed by atoms with E-state index in [2.05, 4.69) is 6.07 Å². The fraction of sp³-hybridized carbons (Fsp3) is 0.409. The van der Waals surface area contributed by atoms with Gasteiger partial charge in [0.2, 0.25) is 0 Å². The molecule has 3 rings (SSSR count). The Bertz CT molecular complexity index is 817. The highest BCUT2D eigenvalue weighted by atomic mass is 16.5. The van der Waals surface area contributed by atoms with Crippen molar-refractivity contribution >= 4 is 5.97 Å². The second kappa shape index (κ2) is 7.12. The minimum atomic E-state index is -1.02. The summed E-state index contributed by atoms with van der Waals surface area (Å²) in [6.45, 7) is 8.37. The third kappa shape index (κ3) is 3.91. The predicted molar refractivity (Wildman–Crippen MR) is 102 cm³/mol. The molecule has 4 nitrogen and oxygen atoms in total. The first-order chi connectivity index (χ1) is 12.3. The van der Waals surface area contributed by atoms with Gasteiger partial charge in [0, 0.05) is 5.56 Å². The van der Waals surface area contributed by atoms with Crippen LogP contribution in [0.15, 0.2) is 36.4 Å². The summed E-state index contributed by atoms with van der Waals surface area (Å²) in [5.41, 5.74) is 4.26. The van der Waals surface area contributed by atoms with Gasteiger partial charge in [0.1, 0.15) is 5.75 Å². The Hall–Kier alpha value is -2.33. The van der Waals surface area contributed by atoms with E-state index < -0.39 is 17.7 Å². The topological polar surface area (TPSA) is 55.8 Å². The molecule has 1 aliphatic heterocycles. The van der Waals surface area contributed by atoms with Gasteiger partial charge in [-0.25, -0.2) is 4.79 Å². The van der Waals surface area contributed by atoms with E-state index in [4.69, 9.17) is 9.47 Å². The van der Waals surface area contributed by atoms with Crippen molar-refractivity contribution in [3.8, 4) is 16.9 Å². The standard InChI is InChI=1S/C22H26O4/c1-14-7-5-9-17(20(21(23)24)26-22(2,3)4)19(14)16-10-11-18-15(13-16)8-6-12-25-18/h5,7,9-11,13,20H,6,8,12H2,1-4H3,(H,23,24). The zero-order valence-corrected chi connectivity index (χ0v) is 15.8. The SMILES string of the molecule is Cc1cccc(C(OC(C)(C)C)C(=O)O)c1-c1ccc2c(c1)CCCO2. The highest BCUT2D eigenvalue weighted by Crippen LogP contribution is 2.37. The molecular formula is C22H26O4. The summed E-state index contributed by atoms with van der Waals surface area (Å²) in [5.74, 6) is -0.0519. The lowest BCUT2D eigenvalue weighted by Gasteiger charge is -2.27. The number of benzene rings is 2. The maximum Gasteiger partial charge on any atom is 0.337 e. The maximum atomic E-state index is 12.0. The molecule has 0 amide bonds. The molecule has 1 unspecified atom stereocenters. The second-order valence-electron chi connectivity index (χ2n) is 7.76. The Balaban J connectivity index is 2.12. The van der Waals surface area contributed by atoms with Gasteiger partial charge < -0.3 is 14.6 Å². The molecule has 4 heteroatoms. The average Bonchev–Trinajstić information content (AvgIpc) is 2.58. The van der Waals surface area contributed by atoms with Crippen molar-refractivity contribution in [2.24, 2.45) is 0 Å². The molecule has 0 spiro atoms. The molecule has 2 aromatic rings. The zero-order valence-electron chi connectivity index (χ0n) is 15.8. The largest absolute Gasteiger partial charge is 0.493 e. The highest BCUT2D eigenvalue weighted by Gasteiger charge is 2.29. The van der Waals surface area contributed by atoms with Gasteiger partial charge in [-0.05, 0) is 74.9 Å². The number of fused-ring (bicyclic) bond motifs is 1. The average molecular weight is 354 g/mol. The molecule has 2 aromatic carbocycles. The van der Waals surface area contributed by atoms with Crippen LogP contribution in [0.3, 0.4) is 0 Å². The van der Waals surface area contributed by atoms with Crippen molar-refractivity contribution in [1.29, 1.82) is 0 Å². The van der Waals surface area contributed by atoms with Crippen molar-refractivity contribution < 1.29 is 19.4 Å². The van der Waals surface area contributed by atoms with Crippen LogP contribution < -0.4 is 4.74 Å². The van der Waals surface area contributed by atoms with Crippen LogP contribution in [0.2, 0.25) is 0 Å². The Kier molecular flexibility index (Phi) is 5.05. The van der Waals surface area contributed by atoms with Gasteiger partial charge in [-0.2, -0.15) is 0 Å². The Morgan fingerprint density at radius 1 is 1.23 bits per heavy atom. The number of hydrogen-bond donors (Lipinski definition) is 1. The molecule has 0 aromatic heterocycles. The lowest BCUT2D eigenvalue weighted by Crippen LogP contribution is -2.27. The monoisotopic (exact) mass is 354 g/mol. The van der Waals surface area contributed by atoms with Crippen LogP contribution in [0.4, 0.5) is 0 Å². The number of carbonyl (C=O) groups is 1. The second-order valence-corrected chi connectivity index (χ2v) is 7.76. The number of aryl methyl sites for hydroxylation is 2. The smallest absolute Gasteiger partial charge is 0.337 e. The Labute approximate surface area is 154 Å². The van der Waals surface area contributed by atoms with Gasteiger partial charge in [-0.15, -0.1) is 0 Å². The van der Waals surface area contributed by atoms with Crippen LogP contribution >= 0.6 is 0 Å². The number of carboxylic acid groups (broad SMARTS) is 1. The molecule has 0 radical (unpaired) electrons. The van der Waals surface area contributed by atoms with E-state index in [1.165, 1.54) is 5.56 Å². The number of ether oxygens (including phenoxy) is 2. The molecule has 26 heavy (non-hydrogen) atoms. The quantitative estimate of drug-likeness (QED) is 0.846. The molecule has 0 saturated heterocycles. The summed E-state index contributed by atoms with van der Waals surface area (Å²) in [4.78, 5) is 12.0.